The molecule has 2 heterocycles. The second-order valence-corrected chi connectivity index (χ2v) is 9.00. The number of nitrogens with zero attached hydrogens (tertiary/aromatic N) is 1. The van der Waals surface area contributed by atoms with Gasteiger partial charge in [-0.2, -0.15) is 0 Å². The summed E-state index contributed by atoms with van der Waals surface area (Å²) in [7, 11) is -3.86. The summed E-state index contributed by atoms with van der Waals surface area (Å²) < 4.78 is 29.7. The molecule has 9 heteroatoms. The molecule has 25 heavy (non-hydrogen) atoms. The average molecular weight is 369 g/mol. The van der Waals surface area contributed by atoms with E-state index < -0.39 is 51.1 Å². The predicted molar refractivity (Wildman–Crippen MR) is 86.8 cm³/mol. The molecule has 2 rings (SSSR count). The molecule has 0 aromatic carbocycles. The van der Waals surface area contributed by atoms with Gasteiger partial charge in [0.15, 0.2) is 15.2 Å². The second kappa shape index (κ2) is 6.16. The van der Waals surface area contributed by atoms with Gasteiger partial charge >= 0.3 is 11.9 Å². The Morgan fingerprint density at radius 1 is 1.40 bits per heavy atom. The minimum Gasteiger partial charge on any atom is -0.477 e. The van der Waals surface area contributed by atoms with E-state index in [1.807, 2.05) is 20.8 Å². The Hall–Kier alpha value is -2.38. The van der Waals surface area contributed by atoms with Gasteiger partial charge in [-0.3, -0.25) is 14.5 Å². The fourth-order valence-electron chi connectivity index (χ4n) is 2.50. The maximum atomic E-state index is 12.5. The quantitative estimate of drug-likeness (QED) is 0.335. The van der Waals surface area contributed by atoms with E-state index in [9.17, 15) is 27.9 Å². The van der Waals surface area contributed by atoms with Crippen molar-refractivity contribution in [1.82, 2.24) is 4.90 Å². The highest BCUT2D eigenvalue weighted by molar-refractivity contribution is 7.92. The van der Waals surface area contributed by atoms with Crippen molar-refractivity contribution in [1.29, 1.82) is 0 Å². The molecule has 2 aliphatic heterocycles. The highest BCUT2D eigenvalue weighted by atomic mass is 32.2. The van der Waals surface area contributed by atoms with Crippen LogP contribution in [0.3, 0.4) is 0 Å². The maximum absolute atomic E-state index is 12.5. The average Bonchev–Trinajstić information content (AvgIpc) is 2.43. The third kappa shape index (κ3) is 3.67. The molecular formula is C16H19NO7S. The zero-order valence-corrected chi connectivity index (χ0v) is 15.1. The number of carbonyl (C=O) groups is 3. The standard InChI is InChI=1S/C16H19NO7S/c1-9(18)24-7-10-8-25(22,23)14-11(5-6-16(2,3)4)13(19)17(14)12(10)15(20)21/h6,14H,7-8H2,1-4H3,(H,20,21)/t5?,14-/m1/s1. The SMILES string of the molecule is CC(=O)OCC1=C(C(=O)O)N2C(=O)C(=C=CC(C)(C)C)[C@H]2S(=O)(=O)C1. The Morgan fingerprint density at radius 3 is 2.48 bits per heavy atom. The van der Waals surface area contributed by atoms with Crippen LogP contribution < -0.4 is 0 Å². The summed E-state index contributed by atoms with van der Waals surface area (Å²) in [5, 5.41) is 8.04. The van der Waals surface area contributed by atoms with E-state index in [4.69, 9.17) is 4.74 Å². The molecule has 136 valence electrons. The van der Waals surface area contributed by atoms with Crippen LogP contribution in [0.25, 0.3) is 0 Å². The molecule has 0 bridgehead atoms. The zero-order valence-electron chi connectivity index (χ0n) is 14.3. The van der Waals surface area contributed by atoms with Crippen molar-refractivity contribution < 1.29 is 32.6 Å². The molecule has 1 fully saturated rings. The minimum absolute atomic E-state index is 0.0831. The van der Waals surface area contributed by atoms with Crippen LogP contribution in [0.5, 0.6) is 0 Å². The van der Waals surface area contributed by atoms with Crippen LogP contribution in [0, 0.1) is 5.41 Å². The molecule has 1 atom stereocenters. The number of carbonyl (C=O) groups excluding carboxylic acids is 2. The smallest absolute Gasteiger partial charge is 0.352 e. The summed E-state index contributed by atoms with van der Waals surface area (Å²) in [6.07, 6.45) is 1.58. The van der Waals surface area contributed by atoms with Crippen LogP contribution in [-0.2, 0) is 29.0 Å². The number of hydrogen-bond donors (Lipinski definition) is 1. The Bertz CT molecular complexity index is 851. The minimum atomic E-state index is -3.86. The summed E-state index contributed by atoms with van der Waals surface area (Å²) in [6.45, 7) is 6.20. The van der Waals surface area contributed by atoms with Crippen molar-refractivity contribution in [2.45, 2.75) is 33.1 Å². The molecule has 0 aromatic heterocycles. The van der Waals surface area contributed by atoms with Gasteiger partial charge in [-0.1, -0.05) is 20.8 Å². The van der Waals surface area contributed by atoms with E-state index in [0.717, 1.165) is 11.8 Å². The van der Waals surface area contributed by atoms with Crippen molar-refractivity contribution in [3.05, 3.63) is 28.7 Å². The fraction of sp³-hybridized carbons (Fsp3) is 0.500. The molecule has 0 aliphatic carbocycles. The maximum Gasteiger partial charge on any atom is 0.352 e. The van der Waals surface area contributed by atoms with Gasteiger partial charge in [-0.05, 0) is 11.5 Å². The highest BCUT2D eigenvalue weighted by Crippen LogP contribution is 2.39. The number of carboxylic acids is 1. The van der Waals surface area contributed by atoms with Crippen molar-refractivity contribution in [2.75, 3.05) is 12.4 Å². The number of sulfone groups is 1. The van der Waals surface area contributed by atoms with Gasteiger partial charge in [-0.15, -0.1) is 5.73 Å². The van der Waals surface area contributed by atoms with E-state index in [0.29, 0.717) is 0 Å². The second-order valence-electron chi connectivity index (χ2n) is 6.94. The van der Waals surface area contributed by atoms with Crippen molar-refractivity contribution in [3.63, 3.8) is 0 Å². The monoisotopic (exact) mass is 369 g/mol. The number of fused-ring (bicyclic) bond motifs is 1. The lowest BCUT2D eigenvalue weighted by molar-refractivity contribution is -0.143. The summed E-state index contributed by atoms with van der Waals surface area (Å²) in [6, 6.07) is 0. The molecule has 8 nitrogen and oxygen atoms in total. The van der Waals surface area contributed by atoms with E-state index in [1.54, 1.807) is 6.08 Å². The van der Waals surface area contributed by atoms with Crippen molar-refractivity contribution in [3.8, 4) is 0 Å². The van der Waals surface area contributed by atoms with Gasteiger partial charge in [0.05, 0.1) is 11.3 Å². The van der Waals surface area contributed by atoms with Gasteiger partial charge in [0.1, 0.15) is 12.3 Å². The number of amides is 1. The number of hydrogen-bond acceptors (Lipinski definition) is 6. The highest BCUT2D eigenvalue weighted by Gasteiger charge is 2.57. The topological polar surface area (TPSA) is 118 Å². The number of β-lactam (4-membered cyclic amide) rings is 1. The van der Waals surface area contributed by atoms with Crippen LogP contribution in [0.15, 0.2) is 28.7 Å². The van der Waals surface area contributed by atoms with Gasteiger partial charge in [0.2, 0.25) is 0 Å². The van der Waals surface area contributed by atoms with Gasteiger partial charge in [-0.25, -0.2) is 13.2 Å². The number of ether oxygens (including phenoxy) is 1. The number of rotatable bonds is 3. The lowest BCUT2D eigenvalue weighted by Gasteiger charge is -2.44. The lowest BCUT2D eigenvalue weighted by atomic mass is 9.95. The van der Waals surface area contributed by atoms with Crippen LogP contribution in [0.1, 0.15) is 27.7 Å². The first-order valence-corrected chi connectivity index (χ1v) is 9.18. The van der Waals surface area contributed by atoms with E-state index >= 15 is 0 Å². The van der Waals surface area contributed by atoms with E-state index in [2.05, 4.69) is 5.73 Å². The number of esters is 1. The van der Waals surface area contributed by atoms with Crippen LogP contribution in [0.2, 0.25) is 0 Å². The summed E-state index contributed by atoms with van der Waals surface area (Å²) in [4.78, 5) is 35.6. The zero-order chi connectivity index (χ0) is 19.2. The Balaban J connectivity index is 2.54. The Labute approximate surface area is 145 Å². The molecule has 0 radical (unpaired) electrons. The van der Waals surface area contributed by atoms with Crippen LogP contribution in [-0.4, -0.2) is 54.0 Å². The normalized spacial score (nSPS) is 21.9. The van der Waals surface area contributed by atoms with Gasteiger partial charge in [0, 0.05) is 12.5 Å². The summed E-state index contributed by atoms with van der Waals surface area (Å²) in [5.74, 6) is -3.46. The molecule has 1 N–H and O–H groups in total. The van der Waals surface area contributed by atoms with Crippen molar-refractivity contribution in [2.24, 2.45) is 5.41 Å². The molecule has 0 spiro atoms. The fourth-order valence-corrected chi connectivity index (χ4v) is 4.42. The van der Waals surface area contributed by atoms with Crippen LogP contribution in [0.4, 0.5) is 0 Å². The lowest BCUT2D eigenvalue weighted by Crippen LogP contribution is -2.62. The first kappa shape index (κ1) is 19.0. The number of aliphatic carboxylic acids is 1. The largest absolute Gasteiger partial charge is 0.477 e. The molecular weight excluding hydrogens is 350 g/mol. The summed E-state index contributed by atoms with van der Waals surface area (Å²) >= 11 is 0. The Morgan fingerprint density at radius 2 is 2.00 bits per heavy atom. The summed E-state index contributed by atoms with van der Waals surface area (Å²) in [5.41, 5.74) is 1.72. The number of carboxylic acid groups (broad SMARTS) is 1. The first-order valence-electron chi connectivity index (χ1n) is 7.47. The molecule has 0 saturated carbocycles. The molecule has 2 aliphatic rings. The Kier molecular flexibility index (Phi) is 4.67. The van der Waals surface area contributed by atoms with E-state index in [1.165, 1.54) is 0 Å². The third-order valence-electron chi connectivity index (χ3n) is 3.53. The predicted octanol–water partition coefficient (Wildman–Crippen LogP) is 0.613. The van der Waals surface area contributed by atoms with E-state index in [-0.39, 0.29) is 16.6 Å². The van der Waals surface area contributed by atoms with Gasteiger partial charge in [0.25, 0.3) is 5.91 Å². The van der Waals surface area contributed by atoms with Crippen LogP contribution >= 0.6 is 0 Å². The first-order chi connectivity index (χ1) is 11.3. The molecule has 1 saturated heterocycles. The van der Waals surface area contributed by atoms with Gasteiger partial charge < -0.3 is 9.84 Å². The molecule has 0 unspecified atom stereocenters. The molecule has 0 aromatic rings. The molecule has 1 amide bonds. The van der Waals surface area contributed by atoms with Crippen molar-refractivity contribution >= 4 is 27.7 Å². The third-order valence-corrected chi connectivity index (χ3v) is 5.41.